The van der Waals surface area contributed by atoms with Gasteiger partial charge in [-0.05, 0) is 31.0 Å². The number of carbonyl (C=O) groups is 2. The number of hydrogen-bond acceptors (Lipinski definition) is 5. The number of benzene rings is 1. The first kappa shape index (κ1) is 37.3. The molecule has 0 aromatic heterocycles. The van der Waals surface area contributed by atoms with Crippen LogP contribution in [0, 0.1) is 0 Å². The molecule has 41 heavy (non-hydrogen) atoms. The Morgan fingerprint density at radius 2 is 0.829 bits per heavy atom. The zero-order valence-electron chi connectivity index (χ0n) is 26.1. The topological polar surface area (TPSA) is 89.9 Å². The van der Waals surface area contributed by atoms with E-state index in [1.165, 1.54) is 121 Å². The van der Waals surface area contributed by atoms with Crippen LogP contribution < -0.4 is 0 Å². The minimum Gasteiger partial charge on any atom is -0.462 e. The van der Waals surface area contributed by atoms with Crippen molar-refractivity contribution in [3.05, 3.63) is 29.3 Å². The molecule has 1 N–H and O–H groups in total. The average molecular weight is 595 g/mol. The lowest BCUT2D eigenvalue weighted by atomic mass is 10.1. The predicted octanol–water partition coefficient (Wildman–Crippen LogP) is 10.2. The minimum atomic E-state index is -2.33. The van der Waals surface area contributed by atoms with E-state index in [1.807, 2.05) is 0 Å². The molecule has 0 saturated carbocycles. The summed E-state index contributed by atoms with van der Waals surface area (Å²) >= 11 is -2.33. The number of esters is 2. The van der Waals surface area contributed by atoms with E-state index >= 15 is 0 Å². The molecule has 1 unspecified atom stereocenters. The second-order valence-corrected chi connectivity index (χ2v) is 12.3. The quantitative estimate of drug-likeness (QED) is 0.0619. The third-order valence-corrected chi connectivity index (χ3v) is 8.18. The van der Waals surface area contributed by atoms with Gasteiger partial charge in [0.2, 0.25) is 0 Å². The number of rotatable bonds is 27. The van der Waals surface area contributed by atoms with Crippen molar-refractivity contribution < 1.29 is 27.8 Å². The minimum absolute atomic E-state index is 0.0179. The van der Waals surface area contributed by atoms with Crippen molar-refractivity contribution in [2.24, 2.45) is 0 Å². The van der Waals surface area contributed by atoms with Gasteiger partial charge in [-0.2, -0.15) is 0 Å². The molecule has 1 aromatic carbocycles. The van der Waals surface area contributed by atoms with Crippen molar-refractivity contribution in [2.45, 2.75) is 160 Å². The fourth-order valence-electron chi connectivity index (χ4n) is 4.96. The van der Waals surface area contributed by atoms with Crippen LogP contribution >= 0.6 is 0 Å². The Labute approximate surface area is 253 Å². The van der Waals surface area contributed by atoms with Crippen LogP contribution in [0.15, 0.2) is 23.1 Å². The lowest BCUT2D eigenvalue weighted by molar-refractivity contribution is 0.0495. The van der Waals surface area contributed by atoms with Gasteiger partial charge in [0, 0.05) is 0 Å². The molecule has 0 bridgehead atoms. The number of ether oxygens (including phenoxy) is 2. The van der Waals surface area contributed by atoms with Crippen molar-refractivity contribution >= 4 is 23.0 Å². The Hall–Kier alpha value is -1.73. The van der Waals surface area contributed by atoms with Crippen LogP contribution in [0.4, 0.5) is 0 Å². The fraction of sp³-hybridized carbons (Fsp3) is 0.765. The van der Waals surface area contributed by atoms with E-state index in [9.17, 15) is 18.4 Å². The number of carbonyl (C=O) groups excluding carboxylic acids is 2. The van der Waals surface area contributed by atoms with E-state index in [-0.39, 0.29) is 16.0 Å². The highest BCUT2D eigenvalue weighted by Gasteiger charge is 2.17. The third kappa shape index (κ3) is 19.9. The SMILES string of the molecule is CCCCCCCCCCCCCCOC(=O)c1cc(C(=O)OCCCCCCCCCCCC)cc(S(=O)O)c1. The molecule has 1 rings (SSSR count). The van der Waals surface area contributed by atoms with Gasteiger partial charge in [0.1, 0.15) is 0 Å². The highest BCUT2D eigenvalue weighted by molar-refractivity contribution is 7.79. The third-order valence-electron chi connectivity index (χ3n) is 7.54. The Bertz CT molecular complexity index is 841. The monoisotopic (exact) mass is 594 g/mol. The van der Waals surface area contributed by atoms with Crippen molar-refractivity contribution in [3.63, 3.8) is 0 Å². The first-order valence-electron chi connectivity index (χ1n) is 16.6. The van der Waals surface area contributed by atoms with E-state index in [2.05, 4.69) is 13.8 Å². The van der Waals surface area contributed by atoms with Gasteiger partial charge in [0.15, 0.2) is 11.1 Å². The zero-order chi connectivity index (χ0) is 30.0. The smallest absolute Gasteiger partial charge is 0.338 e. The summed E-state index contributed by atoms with van der Waals surface area (Å²) in [5, 5.41) is 0. The maximum atomic E-state index is 12.6. The van der Waals surface area contributed by atoms with E-state index in [0.717, 1.165) is 38.5 Å². The zero-order valence-corrected chi connectivity index (χ0v) is 26.9. The summed E-state index contributed by atoms with van der Waals surface area (Å²) in [6.45, 7) is 5.06. The molecular weight excluding hydrogens is 536 g/mol. The van der Waals surface area contributed by atoms with Gasteiger partial charge < -0.3 is 14.0 Å². The van der Waals surface area contributed by atoms with Crippen LogP contribution in [0.25, 0.3) is 0 Å². The highest BCUT2D eigenvalue weighted by Crippen LogP contribution is 2.17. The maximum Gasteiger partial charge on any atom is 0.338 e. The Balaban J connectivity index is 2.28. The fourth-order valence-corrected chi connectivity index (χ4v) is 5.42. The molecule has 0 radical (unpaired) electrons. The number of unbranched alkanes of at least 4 members (excludes halogenated alkanes) is 20. The summed E-state index contributed by atoms with van der Waals surface area (Å²) in [4.78, 5) is 25.2. The first-order chi connectivity index (χ1) is 20.0. The molecule has 236 valence electrons. The van der Waals surface area contributed by atoms with Gasteiger partial charge in [-0.25, -0.2) is 13.8 Å². The molecule has 6 nitrogen and oxygen atoms in total. The molecule has 0 amide bonds. The molecule has 0 aliphatic heterocycles. The number of hydrogen-bond donors (Lipinski definition) is 1. The molecule has 0 fully saturated rings. The van der Waals surface area contributed by atoms with Crippen molar-refractivity contribution in [3.8, 4) is 0 Å². The standard InChI is InChI=1S/C34H58O6S/c1-3-5-7-9-11-13-15-16-18-20-22-24-26-40-34(36)31-27-30(28-32(29-31)41(37)38)33(35)39-25-23-21-19-17-14-12-10-8-6-4-2/h27-29H,3-26H2,1-2H3,(H,37,38). The Kier molecular flexibility index (Phi) is 23.6. The van der Waals surface area contributed by atoms with Crippen molar-refractivity contribution in [2.75, 3.05) is 13.2 Å². The van der Waals surface area contributed by atoms with Crippen LogP contribution in [0.2, 0.25) is 0 Å². The molecular formula is C34H58O6S. The predicted molar refractivity (Wildman–Crippen MR) is 169 cm³/mol. The van der Waals surface area contributed by atoms with E-state index in [4.69, 9.17) is 9.47 Å². The lowest BCUT2D eigenvalue weighted by Gasteiger charge is -2.09. The summed E-state index contributed by atoms with van der Waals surface area (Å²) in [5.41, 5.74) is 0.184. The van der Waals surface area contributed by atoms with Gasteiger partial charge in [-0.3, -0.25) is 0 Å². The highest BCUT2D eigenvalue weighted by atomic mass is 32.2. The molecule has 1 atom stereocenters. The largest absolute Gasteiger partial charge is 0.462 e. The Morgan fingerprint density at radius 1 is 0.537 bits per heavy atom. The van der Waals surface area contributed by atoms with Crippen molar-refractivity contribution in [1.29, 1.82) is 0 Å². The van der Waals surface area contributed by atoms with E-state index in [1.54, 1.807) is 0 Å². The van der Waals surface area contributed by atoms with Gasteiger partial charge >= 0.3 is 11.9 Å². The molecule has 0 heterocycles. The van der Waals surface area contributed by atoms with Gasteiger partial charge in [0.05, 0.1) is 29.2 Å². The Morgan fingerprint density at radius 3 is 1.12 bits per heavy atom. The van der Waals surface area contributed by atoms with Crippen LogP contribution in [0.3, 0.4) is 0 Å². The summed E-state index contributed by atoms with van der Waals surface area (Å²) in [7, 11) is 0. The lowest BCUT2D eigenvalue weighted by Crippen LogP contribution is -2.12. The van der Waals surface area contributed by atoms with Gasteiger partial charge in [0.25, 0.3) is 0 Å². The summed E-state index contributed by atoms with van der Waals surface area (Å²) in [5.74, 6) is -1.19. The van der Waals surface area contributed by atoms with Crippen LogP contribution in [-0.2, 0) is 20.6 Å². The molecule has 1 aromatic rings. The molecule has 7 heteroatoms. The molecule has 0 aliphatic rings. The summed E-state index contributed by atoms with van der Waals surface area (Å²) in [6.07, 6.45) is 26.6. The van der Waals surface area contributed by atoms with E-state index < -0.39 is 23.0 Å². The van der Waals surface area contributed by atoms with Crippen LogP contribution in [-0.4, -0.2) is 33.9 Å². The summed E-state index contributed by atoms with van der Waals surface area (Å²) in [6, 6.07) is 4.00. The molecule has 0 spiro atoms. The van der Waals surface area contributed by atoms with Gasteiger partial charge in [-0.1, -0.05) is 142 Å². The normalized spacial score (nSPS) is 11.9. The van der Waals surface area contributed by atoms with Crippen LogP contribution in [0.5, 0.6) is 0 Å². The molecule has 0 aliphatic carbocycles. The van der Waals surface area contributed by atoms with Crippen LogP contribution in [0.1, 0.15) is 176 Å². The summed E-state index contributed by atoms with van der Waals surface area (Å²) < 4.78 is 32.1. The first-order valence-corrected chi connectivity index (χ1v) is 17.7. The van der Waals surface area contributed by atoms with E-state index in [0.29, 0.717) is 13.2 Å². The second kappa shape index (κ2) is 25.9. The van der Waals surface area contributed by atoms with Crippen molar-refractivity contribution in [1.82, 2.24) is 0 Å². The second-order valence-electron chi connectivity index (χ2n) is 11.3. The average Bonchev–Trinajstić information content (AvgIpc) is 2.97. The van der Waals surface area contributed by atoms with Gasteiger partial charge in [-0.15, -0.1) is 0 Å². The molecule has 0 saturated heterocycles. The maximum absolute atomic E-state index is 12.6.